The number of benzene rings is 1. The van der Waals surface area contributed by atoms with Crippen molar-refractivity contribution >= 4 is 0 Å². The number of hydrogen-bond donors (Lipinski definition) is 1. The van der Waals surface area contributed by atoms with Crippen molar-refractivity contribution in [3.05, 3.63) is 29.3 Å². The van der Waals surface area contributed by atoms with Crippen molar-refractivity contribution in [2.75, 3.05) is 13.6 Å². The van der Waals surface area contributed by atoms with E-state index in [1.54, 1.807) is 0 Å². The molecule has 2 unspecified atom stereocenters. The van der Waals surface area contributed by atoms with Crippen molar-refractivity contribution in [2.45, 2.75) is 52.6 Å². The van der Waals surface area contributed by atoms with Gasteiger partial charge >= 0.3 is 0 Å². The van der Waals surface area contributed by atoms with E-state index in [-0.39, 0.29) is 0 Å². The second-order valence-corrected chi connectivity index (χ2v) is 6.35. The Morgan fingerprint density at radius 1 is 1.42 bits per heavy atom. The molecule has 2 rings (SSSR count). The fourth-order valence-corrected chi connectivity index (χ4v) is 3.41. The van der Waals surface area contributed by atoms with E-state index in [2.05, 4.69) is 44.3 Å². The van der Waals surface area contributed by atoms with Crippen LogP contribution in [0, 0.1) is 12.3 Å². The van der Waals surface area contributed by atoms with Crippen LogP contribution in [0.3, 0.4) is 0 Å². The SMILES string of the molecule is CCCC(C)(CNC)CC1Cc2cc(C)ccc2O1. The molecule has 1 aliphatic rings. The molecule has 0 saturated heterocycles. The van der Waals surface area contributed by atoms with Crippen LogP contribution in [0.1, 0.15) is 44.2 Å². The summed E-state index contributed by atoms with van der Waals surface area (Å²) in [5.74, 6) is 1.10. The number of ether oxygens (including phenoxy) is 1. The molecule has 106 valence electrons. The minimum absolute atomic E-state index is 0.339. The van der Waals surface area contributed by atoms with Gasteiger partial charge in [0.25, 0.3) is 0 Å². The Hall–Kier alpha value is -1.02. The van der Waals surface area contributed by atoms with E-state index < -0.39 is 0 Å². The summed E-state index contributed by atoms with van der Waals surface area (Å²) >= 11 is 0. The molecule has 1 aromatic carbocycles. The van der Waals surface area contributed by atoms with E-state index >= 15 is 0 Å². The molecule has 2 nitrogen and oxygen atoms in total. The second-order valence-electron chi connectivity index (χ2n) is 6.35. The van der Waals surface area contributed by atoms with Crippen molar-refractivity contribution in [1.82, 2.24) is 5.32 Å². The minimum Gasteiger partial charge on any atom is -0.490 e. The number of rotatable bonds is 6. The lowest BCUT2D eigenvalue weighted by Crippen LogP contribution is -2.34. The maximum atomic E-state index is 6.12. The van der Waals surface area contributed by atoms with Crippen molar-refractivity contribution in [3.8, 4) is 5.75 Å². The van der Waals surface area contributed by atoms with Crippen LogP contribution in [0.5, 0.6) is 5.75 Å². The third kappa shape index (κ3) is 3.50. The van der Waals surface area contributed by atoms with Gasteiger partial charge in [-0.15, -0.1) is 0 Å². The van der Waals surface area contributed by atoms with Crippen LogP contribution in [0.4, 0.5) is 0 Å². The summed E-state index contributed by atoms with van der Waals surface area (Å²) in [7, 11) is 2.04. The molecule has 0 saturated carbocycles. The van der Waals surface area contributed by atoms with E-state index in [0.29, 0.717) is 11.5 Å². The molecule has 1 aliphatic heterocycles. The molecular weight excluding hydrogens is 234 g/mol. The molecule has 0 bridgehead atoms. The molecule has 0 fully saturated rings. The van der Waals surface area contributed by atoms with E-state index in [9.17, 15) is 0 Å². The lowest BCUT2D eigenvalue weighted by molar-refractivity contribution is 0.137. The van der Waals surface area contributed by atoms with Gasteiger partial charge in [0, 0.05) is 13.0 Å². The van der Waals surface area contributed by atoms with Crippen molar-refractivity contribution < 1.29 is 4.74 Å². The molecule has 0 amide bonds. The van der Waals surface area contributed by atoms with Crippen LogP contribution in [-0.2, 0) is 6.42 Å². The molecule has 0 aromatic heterocycles. The van der Waals surface area contributed by atoms with Crippen LogP contribution in [-0.4, -0.2) is 19.7 Å². The molecule has 0 spiro atoms. The average Bonchev–Trinajstić information content (AvgIpc) is 2.70. The smallest absolute Gasteiger partial charge is 0.123 e. The van der Waals surface area contributed by atoms with Crippen molar-refractivity contribution in [3.63, 3.8) is 0 Å². The normalized spacial score (nSPS) is 20.7. The van der Waals surface area contributed by atoms with E-state index in [0.717, 1.165) is 25.1 Å². The predicted octanol–water partition coefficient (Wildman–Crippen LogP) is 3.71. The summed E-state index contributed by atoms with van der Waals surface area (Å²) in [4.78, 5) is 0. The first-order valence-corrected chi connectivity index (χ1v) is 7.47. The number of fused-ring (bicyclic) bond motifs is 1. The zero-order valence-corrected chi connectivity index (χ0v) is 12.8. The molecule has 0 aliphatic carbocycles. The summed E-state index contributed by atoms with van der Waals surface area (Å²) in [6, 6.07) is 6.53. The predicted molar refractivity (Wildman–Crippen MR) is 80.9 cm³/mol. The van der Waals surface area contributed by atoms with E-state index in [4.69, 9.17) is 4.74 Å². The molecule has 2 atom stereocenters. The van der Waals surface area contributed by atoms with Crippen molar-refractivity contribution in [2.24, 2.45) is 5.41 Å². The summed E-state index contributed by atoms with van der Waals surface area (Å²) in [5.41, 5.74) is 3.05. The Morgan fingerprint density at radius 3 is 2.89 bits per heavy atom. The monoisotopic (exact) mass is 261 g/mol. The van der Waals surface area contributed by atoms with Crippen LogP contribution in [0.2, 0.25) is 0 Å². The Kier molecular flexibility index (Phi) is 4.51. The summed E-state index contributed by atoms with van der Waals surface area (Å²) in [5, 5.41) is 3.34. The zero-order valence-electron chi connectivity index (χ0n) is 12.8. The van der Waals surface area contributed by atoms with E-state index in [1.807, 2.05) is 7.05 Å². The van der Waals surface area contributed by atoms with Gasteiger partial charge in [-0.1, -0.05) is 38.0 Å². The highest BCUT2D eigenvalue weighted by atomic mass is 16.5. The molecular formula is C17H27NO. The molecule has 0 radical (unpaired) electrons. The fourth-order valence-electron chi connectivity index (χ4n) is 3.41. The maximum absolute atomic E-state index is 6.12. The van der Waals surface area contributed by atoms with Gasteiger partial charge in [0.2, 0.25) is 0 Å². The highest BCUT2D eigenvalue weighted by Crippen LogP contribution is 2.36. The highest BCUT2D eigenvalue weighted by molar-refractivity contribution is 5.40. The Labute approximate surface area is 117 Å². The lowest BCUT2D eigenvalue weighted by Gasteiger charge is -2.31. The van der Waals surface area contributed by atoms with Crippen LogP contribution < -0.4 is 10.1 Å². The highest BCUT2D eigenvalue weighted by Gasteiger charge is 2.31. The topological polar surface area (TPSA) is 21.3 Å². The largest absolute Gasteiger partial charge is 0.490 e. The van der Waals surface area contributed by atoms with Crippen LogP contribution >= 0.6 is 0 Å². The molecule has 2 heteroatoms. The van der Waals surface area contributed by atoms with Gasteiger partial charge in [0.15, 0.2) is 0 Å². The van der Waals surface area contributed by atoms with Crippen LogP contribution in [0.15, 0.2) is 18.2 Å². The lowest BCUT2D eigenvalue weighted by atomic mass is 9.79. The Balaban J connectivity index is 2.02. The molecule has 1 aromatic rings. The first kappa shape index (κ1) is 14.4. The first-order valence-electron chi connectivity index (χ1n) is 7.47. The third-order valence-electron chi connectivity index (χ3n) is 4.13. The van der Waals surface area contributed by atoms with E-state index in [1.165, 1.54) is 24.0 Å². The summed E-state index contributed by atoms with van der Waals surface area (Å²) in [6.07, 6.45) is 5.04. The number of aryl methyl sites for hydroxylation is 1. The third-order valence-corrected chi connectivity index (χ3v) is 4.13. The Morgan fingerprint density at radius 2 is 2.21 bits per heavy atom. The summed E-state index contributed by atoms with van der Waals surface area (Å²) < 4.78 is 6.12. The van der Waals surface area contributed by atoms with Crippen LogP contribution in [0.25, 0.3) is 0 Å². The molecule has 19 heavy (non-hydrogen) atoms. The first-order chi connectivity index (χ1) is 9.06. The number of nitrogens with one attached hydrogen (secondary N) is 1. The zero-order chi connectivity index (χ0) is 13.9. The van der Waals surface area contributed by atoms with Gasteiger partial charge in [0.1, 0.15) is 11.9 Å². The van der Waals surface area contributed by atoms with Gasteiger partial charge in [-0.05, 0) is 43.9 Å². The molecule has 1 heterocycles. The van der Waals surface area contributed by atoms with Gasteiger partial charge < -0.3 is 10.1 Å². The standard InChI is InChI=1S/C17H27NO/c1-5-8-17(3,12-18-4)11-15-10-14-9-13(2)6-7-16(14)19-15/h6-7,9,15,18H,5,8,10-12H2,1-4H3. The van der Waals surface area contributed by atoms with Crippen molar-refractivity contribution in [1.29, 1.82) is 0 Å². The molecule has 1 N–H and O–H groups in total. The second kappa shape index (κ2) is 5.96. The number of hydrogen-bond acceptors (Lipinski definition) is 2. The van der Waals surface area contributed by atoms with Gasteiger partial charge in [0.05, 0.1) is 0 Å². The summed E-state index contributed by atoms with van der Waals surface area (Å²) in [6.45, 7) is 7.86. The average molecular weight is 261 g/mol. The minimum atomic E-state index is 0.339. The Bertz CT molecular complexity index is 421. The fraction of sp³-hybridized carbons (Fsp3) is 0.647. The van der Waals surface area contributed by atoms with Gasteiger partial charge in [-0.3, -0.25) is 0 Å². The van der Waals surface area contributed by atoms with Gasteiger partial charge in [-0.2, -0.15) is 0 Å². The van der Waals surface area contributed by atoms with Gasteiger partial charge in [-0.25, -0.2) is 0 Å². The maximum Gasteiger partial charge on any atom is 0.123 e. The quantitative estimate of drug-likeness (QED) is 0.843.